The van der Waals surface area contributed by atoms with Crippen LogP contribution in [0.3, 0.4) is 0 Å². The molecule has 0 aliphatic rings. The Labute approximate surface area is 198 Å². The van der Waals surface area contributed by atoms with E-state index in [0.717, 1.165) is 22.4 Å². The second kappa shape index (κ2) is 11.4. The number of benzene rings is 3. The Bertz CT molecular complexity index is 1220. The van der Waals surface area contributed by atoms with Crippen molar-refractivity contribution in [3.8, 4) is 5.75 Å². The number of ether oxygens (including phenoxy) is 1. The number of nitrogens with one attached hydrogen (secondary N) is 3. The summed E-state index contributed by atoms with van der Waals surface area (Å²) < 4.78 is 5.52. The maximum Gasteiger partial charge on any atom is 0.329 e. The highest BCUT2D eigenvalue weighted by Gasteiger charge is 2.13. The van der Waals surface area contributed by atoms with E-state index >= 15 is 0 Å². The van der Waals surface area contributed by atoms with Crippen LogP contribution in [0.25, 0.3) is 0 Å². The van der Waals surface area contributed by atoms with Gasteiger partial charge in [-0.15, -0.1) is 0 Å². The lowest BCUT2D eigenvalue weighted by Gasteiger charge is -2.10. The molecular formula is C26H26N4O4. The molecule has 174 valence electrons. The van der Waals surface area contributed by atoms with Gasteiger partial charge in [-0.3, -0.25) is 14.4 Å². The van der Waals surface area contributed by atoms with Gasteiger partial charge in [-0.25, -0.2) is 5.43 Å². The molecule has 0 saturated heterocycles. The molecule has 0 saturated carbocycles. The number of hydrogen-bond donors (Lipinski definition) is 3. The van der Waals surface area contributed by atoms with Crippen molar-refractivity contribution < 1.29 is 19.1 Å². The fourth-order valence-corrected chi connectivity index (χ4v) is 3.05. The molecule has 8 heteroatoms. The third-order valence-electron chi connectivity index (χ3n) is 4.89. The first-order valence-corrected chi connectivity index (χ1v) is 10.6. The Balaban J connectivity index is 1.44. The summed E-state index contributed by atoms with van der Waals surface area (Å²) in [7, 11) is 0. The Morgan fingerprint density at radius 2 is 1.53 bits per heavy atom. The molecule has 0 fully saturated rings. The second-order valence-corrected chi connectivity index (χ2v) is 7.69. The summed E-state index contributed by atoms with van der Waals surface area (Å²) in [5.74, 6) is -1.44. The molecule has 0 heterocycles. The fraction of sp³-hybridized carbons (Fsp3) is 0.154. The number of anilines is 2. The van der Waals surface area contributed by atoms with Crippen LogP contribution in [0.1, 0.15) is 22.3 Å². The van der Waals surface area contributed by atoms with Gasteiger partial charge in [0.2, 0.25) is 0 Å². The lowest BCUT2D eigenvalue weighted by atomic mass is 10.1. The Morgan fingerprint density at radius 1 is 0.824 bits per heavy atom. The molecule has 34 heavy (non-hydrogen) atoms. The molecule has 0 radical (unpaired) electrons. The van der Waals surface area contributed by atoms with Crippen LogP contribution in [-0.4, -0.2) is 30.5 Å². The average Bonchev–Trinajstić information content (AvgIpc) is 2.81. The van der Waals surface area contributed by atoms with Crippen molar-refractivity contribution in [1.29, 1.82) is 0 Å². The minimum Gasteiger partial charge on any atom is -0.484 e. The van der Waals surface area contributed by atoms with Crippen LogP contribution in [0.4, 0.5) is 11.4 Å². The number of carbonyl (C=O) groups excluding carboxylic acids is 3. The number of hydrazone groups is 1. The number of para-hydroxylation sites is 1. The normalized spacial score (nSPS) is 10.6. The quantitative estimate of drug-likeness (QED) is 0.285. The van der Waals surface area contributed by atoms with Crippen LogP contribution < -0.4 is 20.8 Å². The second-order valence-electron chi connectivity index (χ2n) is 7.69. The van der Waals surface area contributed by atoms with Gasteiger partial charge in [0.05, 0.1) is 6.21 Å². The predicted molar refractivity (Wildman–Crippen MR) is 132 cm³/mol. The van der Waals surface area contributed by atoms with Crippen molar-refractivity contribution in [3.05, 3.63) is 89.0 Å². The van der Waals surface area contributed by atoms with Crippen LogP contribution in [0.5, 0.6) is 5.75 Å². The molecule has 3 N–H and O–H groups in total. The maximum atomic E-state index is 12.2. The van der Waals surface area contributed by atoms with E-state index in [0.29, 0.717) is 17.0 Å². The standard InChI is InChI=1S/C26H26N4O4/c1-17-8-13-23(19(3)14-17)28-24(31)16-34-21-11-9-20(10-12-21)15-27-30-26(33)25(32)29-22-7-5-4-6-18(22)2/h4-15H,16H2,1-3H3,(H,28,31)(H,29,32)(H,30,33)/b27-15-. The molecule has 0 spiro atoms. The summed E-state index contributed by atoms with van der Waals surface area (Å²) in [4.78, 5) is 36.1. The zero-order chi connectivity index (χ0) is 24.5. The molecule has 0 aliphatic carbocycles. The average molecular weight is 459 g/mol. The molecular weight excluding hydrogens is 432 g/mol. The van der Waals surface area contributed by atoms with Gasteiger partial charge in [0.15, 0.2) is 6.61 Å². The molecule has 3 rings (SSSR count). The van der Waals surface area contributed by atoms with Crippen LogP contribution in [0, 0.1) is 20.8 Å². The molecule has 3 aromatic rings. The smallest absolute Gasteiger partial charge is 0.329 e. The molecule has 0 bridgehead atoms. The summed E-state index contributed by atoms with van der Waals surface area (Å²) in [6, 6.07) is 19.7. The number of amides is 3. The summed E-state index contributed by atoms with van der Waals surface area (Å²) in [5.41, 5.74) is 7.13. The number of rotatable bonds is 7. The van der Waals surface area contributed by atoms with Gasteiger partial charge in [-0.05, 0) is 73.9 Å². The van der Waals surface area contributed by atoms with Gasteiger partial charge in [-0.2, -0.15) is 5.10 Å². The largest absolute Gasteiger partial charge is 0.484 e. The van der Waals surface area contributed by atoms with Crippen LogP contribution >= 0.6 is 0 Å². The van der Waals surface area contributed by atoms with E-state index in [1.807, 2.05) is 51.1 Å². The van der Waals surface area contributed by atoms with Crippen LogP contribution in [0.15, 0.2) is 71.8 Å². The molecule has 3 amide bonds. The van der Waals surface area contributed by atoms with E-state index < -0.39 is 11.8 Å². The minimum absolute atomic E-state index is 0.132. The van der Waals surface area contributed by atoms with Crippen molar-refractivity contribution in [2.75, 3.05) is 17.2 Å². The van der Waals surface area contributed by atoms with Crippen molar-refractivity contribution in [1.82, 2.24) is 5.43 Å². The van der Waals surface area contributed by atoms with E-state index in [4.69, 9.17) is 4.74 Å². The van der Waals surface area contributed by atoms with Gasteiger partial charge in [0.1, 0.15) is 5.75 Å². The third kappa shape index (κ3) is 7.03. The van der Waals surface area contributed by atoms with Crippen molar-refractivity contribution in [2.45, 2.75) is 20.8 Å². The Hall–Kier alpha value is -4.46. The lowest BCUT2D eigenvalue weighted by molar-refractivity contribution is -0.136. The molecule has 0 atom stereocenters. The van der Waals surface area contributed by atoms with Crippen LogP contribution in [-0.2, 0) is 14.4 Å². The zero-order valence-corrected chi connectivity index (χ0v) is 19.2. The van der Waals surface area contributed by atoms with E-state index in [1.54, 1.807) is 36.4 Å². The SMILES string of the molecule is Cc1ccc(NC(=O)COc2ccc(/C=N\NC(=O)C(=O)Nc3ccccc3C)cc2)c(C)c1. The summed E-state index contributed by atoms with van der Waals surface area (Å²) in [6.45, 7) is 5.62. The maximum absolute atomic E-state index is 12.2. The number of nitrogens with zero attached hydrogens (tertiary/aromatic N) is 1. The summed E-state index contributed by atoms with van der Waals surface area (Å²) >= 11 is 0. The van der Waals surface area contributed by atoms with E-state index in [-0.39, 0.29) is 12.5 Å². The summed E-state index contributed by atoms with van der Waals surface area (Å²) in [5, 5.41) is 9.16. The third-order valence-corrected chi connectivity index (χ3v) is 4.89. The highest BCUT2D eigenvalue weighted by molar-refractivity contribution is 6.39. The Morgan fingerprint density at radius 3 is 2.24 bits per heavy atom. The van der Waals surface area contributed by atoms with Gasteiger partial charge >= 0.3 is 11.8 Å². The topological polar surface area (TPSA) is 109 Å². The predicted octanol–water partition coefficient (Wildman–Crippen LogP) is 3.72. The van der Waals surface area contributed by atoms with E-state index in [1.165, 1.54) is 6.21 Å². The first-order chi connectivity index (χ1) is 16.3. The molecule has 0 unspecified atom stereocenters. The first kappa shape index (κ1) is 24.2. The lowest BCUT2D eigenvalue weighted by Crippen LogP contribution is -2.32. The monoisotopic (exact) mass is 458 g/mol. The first-order valence-electron chi connectivity index (χ1n) is 10.6. The molecule has 0 aromatic heterocycles. The highest BCUT2D eigenvalue weighted by Crippen LogP contribution is 2.16. The fourth-order valence-electron chi connectivity index (χ4n) is 3.05. The van der Waals surface area contributed by atoms with Gasteiger partial charge < -0.3 is 15.4 Å². The van der Waals surface area contributed by atoms with Gasteiger partial charge in [0, 0.05) is 11.4 Å². The Kier molecular flexibility index (Phi) is 8.12. The van der Waals surface area contributed by atoms with E-state index in [9.17, 15) is 14.4 Å². The van der Waals surface area contributed by atoms with Gasteiger partial charge in [-0.1, -0.05) is 35.9 Å². The summed E-state index contributed by atoms with van der Waals surface area (Å²) in [6.07, 6.45) is 1.40. The number of hydrogen-bond acceptors (Lipinski definition) is 5. The van der Waals surface area contributed by atoms with Crippen molar-refractivity contribution >= 4 is 35.3 Å². The molecule has 0 aliphatic heterocycles. The van der Waals surface area contributed by atoms with Gasteiger partial charge in [0.25, 0.3) is 5.91 Å². The van der Waals surface area contributed by atoms with Crippen LogP contribution in [0.2, 0.25) is 0 Å². The number of aryl methyl sites for hydroxylation is 3. The van der Waals surface area contributed by atoms with E-state index in [2.05, 4.69) is 21.2 Å². The molecule has 3 aromatic carbocycles. The van der Waals surface area contributed by atoms with Crippen molar-refractivity contribution in [3.63, 3.8) is 0 Å². The number of carbonyl (C=O) groups is 3. The minimum atomic E-state index is -0.880. The molecule has 8 nitrogen and oxygen atoms in total. The highest BCUT2D eigenvalue weighted by atomic mass is 16.5. The zero-order valence-electron chi connectivity index (χ0n) is 19.2. The van der Waals surface area contributed by atoms with Crippen molar-refractivity contribution in [2.24, 2.45) is 5.10 Å².